The fourth-order valence-electron chi connectivity index (χ4n) is 0.964. The van der Waals surface area contributed by atoms with Crippen molar-refractivity contribution in [1.82, 2.24) is 0 Å². The van der Waals surface area contributed by atoms with E-state index in [0.29, 0.717) is 13.2 Å². The van der Waals surface area contributed by atoms with Gasteiger partial charge < -0.3 is 23.7 Å². The number of hydrogen-bond donors (Lipinski definition) is 0. The van der Waals surface area contributed by atoms with Gasteiger partial charge in [-0.1, -0.05) is 0 Å². The molecule has 1 saturated heterocycles. The topological polar surface area (TPSA) is 63.2 Å². The van der Waals surface area contributed by atoms with Crippen LogP contribution in [-0.2, 0) is 23.7 Å². The average Bonchev–Trinajstić information content (AvgIpc) is 2.63. The van der Waals surface area contributed by atoms with Gasteiger partial charge in [0, 0.05) is 0 Å². The summed E-state index contributed by atoms with van der Waals surface area (Å²) in [6.07, 6.45) is -1.29. The van der Waals surface area contributed by atoms with Crippen LogP contribution in [-0.4, -0.2) is 45.2 Å². The molecule has 0 aliphatic carbocycles. The Hall–Kier alpha value is -0.850. The summed E-state index contributed by atoms with van der Waals surface area (Å²) in [5.74, 6) is 0. The van der Waals surface area contributed by atoms with Crippen LogP contribution in [0.5, 0.6) is 0 Å². The molecule has 0 amide bonds. The Morgan fingerprint density at radius 3 is 2.67 bits per heavy atom. The van der Waals surface area contributed by atoms with Gasteiger partial charge in [-0.2, -0.15) is 0 Å². The summed E-state index contributed by atoms with van der Waals surface area (Å²) in [6, 6.07) is 0. The van der Waals surface area contributed by atoms with E-state index in [4.69, 9.17) is 18.9 Å². The second kappa shape index (κ2) is 6.60. The highest BCUT2D eigenvalue weighted by atomic mass is 16.8. The molecule has 1 aliphatic rings. The minimum atomic E-state index is -0.738. The normalized spacial score (nSPS) is 17.0. The van der Waals surface area contributed by atoms with Crippen LogP contribution in [0.25, 0.3) is 0 Å². The van der Waals surface area contributed by atoms with Crippen molar-refractivity contribution in [1.29, 1.82) is 0 Å². The van der Waals surface area contributed by atoms with Gasteiger partial charge in [0.1, 0.15) is 6.61 Å². The Kier molecular flexibility index (Phi) is 5.38. The molecule has 1 fully saturated rings. The van der Waals surface area contributed by atoms with Crippen molar-refractivity contribution in [2.45, 2.75) is 26.2 Å². The molecule has 1 rings (SSSR count). The van der Waals surface area contributed by atoms with Gasteiger partial charge in [-0.3, -0.25) is 0 Å². The fraction of sp³-hybridized carbons (Fsp3) is 0.889. The smallest absolute Gasteiger partial charge is 0.432 e. The summed E-state index contributed by atoms with van der Waals surface area (Å²) in [7, 11) is 0. The lowest BCUT2D eigenvalue weighted by Gasteiger charge is -2.11. The van der Waals surface area contributed by atoms with Gasteiger partial charge in [0.15, 0.2) is 13.1 Å². The standard InChI is InChI=1S/C9H16O6/c1-7(2)15-9(10)14-6-11-5-8-12-3-4-13-8/h7-8H,3-6H2,1-2H3. The molecule has 0 unspecified atom stereocenters. The molecule has 0 bridgehead atoms. The third-order valence-corrected chi connectivity index (χ3v) is 1.54. The SMILES string of the molecule is CC(C)OC(=O)OCOCC1OCCO1. The zero-order valence-electron chi connectivity index (χ0n) is 8.93. The molecule has 88 valence electrons. The molecule has 1 aliphatic heterocycles. The molecule has 6 heteroatoms. The fourth-order valence-corrected chi connectivity index (χ4v) is 0.964. The maximum absolute atomic E-state index is 10.9. The Labute approximate surface area is 88.4 Å². The van der Waals surface area contributed by atoms with Gasteiger partial charge in [-0.25, -0.2) is 4.79 Å². The van der Waals surface area contributed by atoms with Gasteiger partial charge in [0.05, 0.1) is 19.3 Å². The molecule has 1 heterocycles. The highest BCUT2D eigenvalue weighted by Gasteiger charge is 2.16. The number of carbonyl (C=O) groups is 1. The minimum Gasteiger partial charge on any atom is -0.432 e. The van der Waals surface area contributed by atoms with Crippen LogP contribution in [0.3, 0.4) is 0 Å². The quantitative estimate of drug-likeness (QED) is 0.389. The largest absolute Gasteiger partial charge is 0.510 e. The Morgan fingerprint density at radius 2 is 2.07 bits per heavy atom. The first kappa shape index (κ1) is 12.2. The van der Waals surface area contributed by atoms with Crippen LogP contribution in [0, 0.1) is 0 Å². The number of carbonyl (C=O) groups excluding carboxylic acids is 1. The van der Waals surface area contributed by atoms with Crippen LogP contribution in [0.1, 0.15) is 13.8 Å². The molecule has 15 heavy (non-hydrogen) atoms. The second-order valence-electron chi connectivity index (χ2n) is 3.22. The summed E-state index contributed by atoms with van der Waals surface area (Å²) in [5, 5.41) is 0. The molecule has 0 N–H and O–H groups in total. The van der Waals surface area contributed by atoms with E-state index in [-0.39, 0.29) is 25.8 Å². The van der Waals surface area contributed by atoms with Crippen molar-refractivity contribution in [2.24, 2.45) is 0 Å². The summed E-state index contributed by atoms with van der Waals surface area (Å²) in [4.78, 5) is 10.9. The predicted molar refractivity (Wildman–Crippen MR) is 49.2 cm³/mol. The average molecular weight is 220 g/mol. The van der Waals surface area contributed by atoms with Crippen molar-refractivity contribution in [2.75, 3.05) is 26.6 Å². The van der Waals surface area contributed by atoms with Crippen molar-refractivity contribution >= 4 is 6.16 Å². The first-order valence-corrected chi connectivity index (χ1v) is 4.83. The van der Waals surface area contributed by atoms with Crippen LogP contribution in [0.15, 0.2) is 0 Å². The van der Waals surface area contributed by atoms with E-state index < -0.39 is 6.16 Å². The Bertz CT molecular complexity index is 187. The van der Waals surface area contributed by atoms with Crippen molar-refractivity contribution in [3.63, 3.8) is 0 Å². The van der Waals surface area contributed by atoms with Gasteiger partial charge in [0.2, 0.25) is 0 Å². The van der Waals surface area contributed by atoms with E-state index in [1.807, 2.05) is 0 Å². The first-order chi connectivity index (χ1) is 7.18. The van der Waals surface area contributed by atoms with Crippen LogP contribution in [0.2, 0.25) is 0 Å². The van der Waals surface area contributed by atoms with E-state index in [1.165, 1.54) is 0 Å². The zero-order chi connectivity index (χ0) is 11.1. The second-order valence-corrected chi connectivity index (χ2v) is 3.22. The Balaban J connectivity index is 1.94. The molecule has 0 spiro atoms. The molecule has 0 radical (unpaired) electrons. The highest BCUT2D eigenvalue weighted by molar-refractivity contribution is 5.59. The van der Waals surface area contributed by atoms with E-state index in [2.05, 4.69) is 4.74 Å². The van der Waals surface area contributed by atoms with Crippen molar-refractivity contribution in [3.05, 3.63) is 0 Å². The van der Waals surface area contributed by atoms with Gasteiger partial charge in [-0.05, 0) is 13.8 Å². The third-order valence-electron chi connectivity index (χ3n) is 1.54. The van der Waals surface area contributed by atoms with Gasteiger partial charge in [0.25, 0.3) is 0 Å². The van der Waals surface area contributed by atoms with Crippen LogP contribution < -0.4 is 0 Å². The van der Waals surface area contributed by atoms with E-state index >= 15 is 0 Å². The molecule has 0 aromatic heterocycles. The minimum absolute atomic E-state index is 0.158. The van der Waals surface area contributed by atoms with Gasteiger partial charge in [-0.15, -0.1) is 0 Å². The first-order valence-electron chi connectivity index (χ1n) is 4.83. The maximum atomic E-state index is 10.9. The number of ether oxygens (including phenoxy) is 5. The third kappa shape index (κ3) is 5.56. The van der Waals surface area contributed by atoms with Gasteiger partial charge >= 0.3 is 6.16 Å². The maximum Gasteiger partial charge on any atom is 0.510 e. The molecular weight excluding hydrogens is 204 g/mol. The van der Waals surface area contributed by atoms with Crippen LogP contribution in [0.4, 0.5) is 4.79 Å². The van der Waals surface area contributed by atoms with Crippen LogP contribution >= 0.6 is 0 Å². The van der Waals surface area contributed by atoms with Crippen molar-refractivity contribution < 1.29 is 28.5 Å². The summed E-state index contributed by atoms with van der Waals surface area (Å²) in [6.45, 7) is 4.71. The predicted octanol–water partition coefficient (Wildman–Crippen LogP) is 0.895. The summed E-state index contributed by atoms with van der Waals surface area (Å²) >= 11 is 0. The summed E-state index contributed by atoms with van der Waals surface area (Å²) in [5.41, 5.74) is 0. The lowest BCUT2D eigenvalue weighted by Crippen LogP contribution is -2.20. The molecule has 0 atom stereocenters. The van der Waals surface area contributed by atoms with E-state index in [0.717, 1.165) is 0 Å². The Morgan fingerprint density at radius 1 is 1.40 bits per heavy atom. The monoisotopic (exact) mass is 220 g/mol. The lowest BCUT2D eigenvalue weighted by atomic mass is 10.5. The molecular formula is C9H16O6. The molecule has 0 aromatic rings. The molecule has 0 saturated carbocycles. The zero-order valence-corrected chi connectivity index (χ0v) is 8.93. The number of hydrogen-bond acceptors (Lipinski definition) is 6. The summed E-state index contributed by atoms with van der Waals surface area (Å²) < 4.78 is 24.5. The molecule has 6 nitrogen and oxygen atoms in total. The van der Waals surface area contributed by atoms with Crippen molar-refractivity contribution in [3.8, 4) is 0 Å². The van der Waals surface area contributed by atoms with E-state index in [9.17, 15) is 4.79 Å². The van der Waals surface area contributed by atoms with E-state index in [1.54, 1.807) is 13.8 Å². The molecule has 0 aromatic carbocycles. The number of rotatable bonds is 5. The highest BCUT2D eigenvalue weighted by Crippen LogP contribution is 2.03. The lowest BCUT2D eigenvalue weighted by molar-refractivity contribution is -0.128.